The van der Waals surface area contributed by atoms with Crippen LogP contribution < -0.4 is 9.47 Å². The second kappa shape index (κ2) is 11.0. The molecule has 0 aliphatic heterocycles. The van der Waals surface area contributed by atoms with Crippen molar-refractivity contribution in [3.8, 4) is 11.5 Å². The molecule has 0 N–H and O–H groups in total. The maximum absolute atomic E-state index is 5.42. The van der Waals surface area contributed by atoms with E-state index in [2.05, 4.69) is 80.4 Å². The van der Waals surface area contributed by atoms with E-state index in [0.29, 0.717) is 0 Å². The van der Waals surface area contributed by atoms with Gasteiger partial charge in [0.25, 0.3) is 0 Å². The maximum Gasteiger partial charge on any atom is 0.118 e. The van der Waals surface area contributed by atoms with Gasteiger partial charge in [0.2, 0.25) is 0 Å². The summed E-state index contributed by atoms with van der Waals surface area (Å²) in [6.45, 7) is 0. The van der Waals surface area contributed by atoms with Crippen LogP contribution in [-0.2, 0) is 8.65 Å². The van der Waals surface area contributed by atoms with E-state index in [1.54, 1.807) is 14.2 Å². The van der Waals surface area contributed by atoms with Crippen LogP contribution in [0.15, 0.2) is 48.5 Å². The predicted octanol–water partition coefficient (Wildman–Crippen LogP) is 8.50. The number of alkyl halides is 2. The second-order valence-electron chi connectivity index (χ2n) is 8.39. The lowest BCUT2D eigenvalue weighted by molar-refractivity contribution is 0.370. The first-order valence-electron chi connectivity index (χ1n) is 11.2. The van der Waals surface area contributed by atoms with Crippen molar-refractivity contribution in [1.82, 2.24) is 0 Å². The molecule has 30 heavy (non-hydrogen) atoms. The van der Waals surface area contributed by atoms with Gasteiger partial charge in [0, 0.05) is 0 Å². The van der Waals surface area contributed by atoms with Crippen LogP contribution in [0, 0.1) is 0 Å². The van der Waals surface area contributed by atoms with Gasteiger partial charge in [0.15, 0.2) is 0 Å². The lowest BCUT2D eigenvalue weighted by Crippen LogP contribution is -2.40. The monoisotopic (exact) mass is 536 g/mol. The van der Waals surface area contributed by atoms with E-state index in [4.69, 9.17) is 9.47 Å². The highest BCUT2D eigenvalue weighted by Gasteiger charge is 2.49. The summed E-state index contributed by atoms with van der Waals surface area (Å²) < 4.78 is 10.4. The Morgan fingerprint density at radius 2 is 0.833 bits per heavy atom. The van der Waals surface area contributed by atoms with Crippen LogP contribution in [0.1, 0.15) is 75.3 Å². The number of methoxy groups -OCH3 is 2. The van der Waals surface area contributed by atoms with Crippen LogP contribution >= 0.6 is 31.9 Å². The molecule has 1 fully saturated rings. The summed E-state index contributed by atoms with van der Waals surface area (Å²) in [5, 5.41) is 0. The van der Waals surface area contributed by atoms with Crippen LogP contribution in [-0.4, -0.2) is 14.2 Å². The molecule has 164 valence electrons. The average Bonchev–Trinajstić information content (AvgIpc) is 2.79. The van der Waals surface area contributed by atoms with Crippen molar-refractivity contribution in [2.75, 3.05) is 14.2 Å². The summed E-state index contributed by atoms with van der Waals surface area (Å²) in [5.41, 5.74) is 2.60. The van der Waals surface area contributed by atoms with Crippen LogP contribution in [0.5, 0.6) is 11.5 Å². The molecule has 2 atom stereocenters. The molecule has 0 bridgehead atoms. The standard InChI is InChI=1S/C26H34Br2O2/c1-29-23-15-11-21(12-16-23)25(27)19-9-7-5-3-4-6-8-10-20-26(25,28)22-13-17-24(30-2)18-14-22/h11-18H,3-10,19-20H2,1-2H3/t25-,26+. The van der Waals surface area contributed by atoms with Crippen molar-refractivity contribution < 1.29 is 9.47 Å². The fourth-order valence-corrected chi connectivity index (χ4v) is 6.59. The van der Waals surface area contributed by atoms with Gasteiger partial charge in [0.05, 0.1) is 22.9 Å². The highest BCUT2D eigenvalue weighted by atomic mass is 79.9. The first-order chi connectivity index (χ1) is 14.5. The Kier molecular flexibility index (Phi) is 8.71. The van der Waals surface area contributed by atoms with E-state index >= 15 is 0 Å². The number of rotatable bonds is 4. The molecule has 2 aromatic carbocycles. The van der Waals surface area contributed by atoms with Crippen molar-refractivity contribution >= 4 is 31.9 Å². The average molecular weight is 538 g/mol. The van der Waals surface area contributed by atoms with Gasteiger partial charge < -0.3 is 9.47 Å². The SMILES string of the molecule is COc1ccc([C@]2(Br)CCCCCCCCCC[C@]2(Br)c2ccc(OC)cc2)cc1. The van der Waals surface area contributed by atoms with Gasteiger partial charge in [-0.15, -0.1) is 0 Å². The van der Waals surface area contributed by atoms with E-state index in [9.17, 15) is 0 Å². The summed E-state index contributed by atoms with van der Waals surface area (Å²) in [6, 6.07) is 17.2. The molecule has 2 nitrogen and oxygen atoms in total. The molecular formula is C26H34Br2O2. The molecular weight excluding hydrogens is 504 g/mol. The smallest absolute Gasteiger partial charge is 0.118 e. The summed E-state index contributed by atoms with van der Waals surface area (Å²) in [6.07, 6.45) is 12.6. The van der Waals surface area contributed by atoms with Gasteiger partial charge in [-0.1, -0.05) is 107 Å². The van der Waals surface area contributed by atoms with Crippen molar-refractivity contribution in [3.05, 3.63) is 59.7 Å². The minimum Gasteiger partial charge on any atom is -0.497 e. The quantitative estimate of drug-likeness (QED) is 0.364. The third-order valence-corrected chi connectivity index (χ3v) is 10.1. The molecule has 0 heterocycles. The van der Waals surface area contributed by atoms with Gasteiger partial charge in [-0.2, -0.15) is 0 Å². The Bertz CT molecular complexity index is 707. The van der Waals surface area contributed by atoms with Gasteiger partial charge in [-0.05, 0) is 48.2 Å². The lowest BCUT2D eigenvalue weighted by Gasteiger charge is -2.45. The zero-order chi connectivity index (χ0) is 21.5. The number of benzene rings is 2. The number of hydrogen-bond acceptors (Lipinski definition) is 2. The Balaban J connectivity index is 2.06. The Morgan fingerprint density at radius 3 is 1.13 bits per heavy atom. The molecule has 0 spiro atoms. The molecule has 1 saturated carbocycles. The zero-order valence-electron chi connectivity index (χ0n) is 18.3. The number of halogens is 2. The fraction of sp³-hybridized carbons (Fsp3) is 0.538. The molecule has 0 unspecified atom stereocenters. The highest BCUT2D eigenvalue weighted by molar-refractivity contribution is 9.12. The van der Waals surface area contributed by atoms with Crippen molar-refractivity contribution in [3.63, 3.8) is 0 Å². The van der Waals surface area contributed by atoms with Gasteiger partial charge in [0.1, 0.15) is 11.5 Å². The van der Waals surface area contributed by atoms with Gasteiger partial charge in [-0.3, -0.25) is 0 Å². The maximum atomic E-state index is 5.42. The van der Waals surface area contributed by atoms with E-state index in [1.165, 1.54) is 62.5 Å². The summed E-state index contributed by atoms with van der Waals surface area (Å²) in [4.78, 5) is 0. The number of hydrogen-bond donors (Lipinski definition) is 0. The Hall–Kier alpha value is -1.00. The third kappa shape index (κ3) is 5.24. The van der Waals surface area contributed by atoms with Crippen LogP contribution in [0.2, 0.25) is 0 Å². The van der Waals surface area contributed by atoms with E-state index in [1.807, 2.05) is 0 Å². The molecule has 0 radical (unpaired) electrons. The molecule has 1 aliphatic carbocycles. The first-order valence-corrected chi connectivity index (χ1v) is 12.8. The zero-order valence-corrected chi connectivity index (χ0v) is 21.4. The largest absolute Gasteiger partial charge is 0.497 e. The molecule has 3 rings (SSSR count). The van der Waals surface area contributed by atoms with E-state index in [-0.39, 0.29) is 8.65 Å². The number of ether oxygens (including phenoxy) is 2. The Labute approximate surface area is 199 Å². The minimum atomic E-state index is -0.208. The first kappa shape index (κ1) is 23.7. The molecule has 0 saturated heterocycles. The fourth-order valence-electron chi connectivity index (χ4n) is 4.65. The van der Waals surface area contributed by atoms with Gasteiger partial charge >= 0.3 is 0 Å². The van der Waals surface area contributed by atoms with Crippen molar-refractivity contribution in [1.29, 1.82) is 0 Å². The van der Waals surface area contributed by atoms with Crippen molar-refractivity contribution in [2.45, 2.75) is 72.9 Å². The third-order valence-electron chi connectivity index (χ3n) is 6.52. The molecule has 4 heteroatoms. The highest BCUT2D eigenvalue weighted by Crippen LogP contribution is 2.59. The van der Waals surface area contributed by atoms with Crippen molar-refractivity contribution in [2.24, 2.45) is 0 Å². The van der Waals surface area contributed by atoms with Crippen LogP contribution in [0.4, 0.5) is 0 Å². The molecule has 2 aromatic rings. The molecule has 0 amide bonds. The second-order valence-corrected chi connectivity index (χ2v) is 11.1. The summed E-state index contributed by atoms with van der Waals surface area (Å²) in [5.74, 6) is 1.79. The molecule has 0 aromatic heterocycles. The van der Waals surface area contributed by atoms with Gasteiger partial charge in [-0.25, -0.2) is 0 Å². The normalized spacial score (nSPS) is 26.3. The lowest BCUT2D eigenvalue weighted by atomic mass is 9.75. The van der Waals surface area contributed by atoms with E-state index in [0.717, 1.165) is 24.3 Å². The topological polar surface area (TPSA) is 18.5 Å². The summed E-state index contributed by atoms with van der Waals surface area (Å²) in [7, 11) is 3.45. The Morgan fingerprint density at radius 1 is 0.533 bits per heavy atom. The van der Waals surface area contributed by atoms with Crippen LogP contribution in [0.3, 0.4) is 0 Å². The van der Waals surface area contributed by atoms with Crippen LogP contribution in [0.25, 0.3) is 0 Å². The molecule has 1 aliphatic rings. The van der Waals surface area contributed by atoms with E-state index < -0.39 is 0 Å². The summed E-state index contributed by atoms with van der Waals surface area (Å²) >= 11 is 8.63. The predicted molar refractivity (Wildman–Crippen MR) is 133 cm³/mol. The minimum absolute atomic E-state index is 0.208.